The lowest BCUT2D eigenvalue weighted by Crippen LogP contribution is -2.38. The maximum Gasteiger partial charge on any atom is 0.276 e. The molecule has 1 unspecified atom stereocenters. The number of nitrogens with zero attached hydrogens (tertiary/aromatic N) is 2. The average molecular weight is 250 g/mol. The third-order valence-electron chi connectivity index (χ3n) is 3.75. The second kappa shape index (κ2) is 5.42. The van der Waals surface area contributed by atoms with Crippen molar-refractivity contribution in [2.45, 2.75) is 52.0 Å². The van der Waals surface area contributed by atoms with E-state index >= 15 is 0 Å². The summed E-state index contributed by atoms with van der Waals surface area (Å²) in [5, 5.41) is 6.94. The topological polar surface area (TPSA) is 75.0 Å². The number of carbonyl (C=O) groups excluding carboxylic acids is 1. The molecular weight excluding hydrogens is 228 g/mol. The Balaban J connectivity index is 2.21. The summed E-state index contributed by atoms with van der Waals surface area (Å²) in [4.78, 5) is 14.4. The molecule has 1 amide bonds. The summed E-state index contributed by atoms with van der Waals surface area (Å²) < 4.78 is 0. The molecule has 18 heavy (non-hydrogen) atoms. The molecule has 1 atom stereocenters. The molecule has 1 aromatic heterocycles. The monoisotopic (exact) mass is 250 g/mol. The van der Waals surface area contributed by atoms with Crippen LogP contribution in [0.1, 0.15) is 55.7 Å². The van der Waals surface area contributed by atoms with E-state index in [9.17, 15) is 4.79 Å². The van der Waals surface area contributed by atoms with E-state index in [2.05, 4.69) is 17.1 Å². The van der Waals surface area contributed by atoms with E-state index < -0.39 is 0 Å². The van der Waals surface area contributed by atoms with Crippen LogP contribution in [0.15, 0.2) is 0 Å². The smallest absolute Gasteiger partial charge is 0.276 e. The highest BCUT2D eigenvalue weighted by atomic mass is 16.2. The Morgan fingerprint density at radius 2 is 2.28 bits per heavy atom. The molecule has 5 heteroatoms. The molecule has 0 aromatic carbocycles. The molecule has 2 rings (SSSR count). The highest BCUT2D eigenvalue weighted by molar-refractivity contribution is 5.97. The van der Waals surface area contributed by atoms with Crippen LogP contribution in [-0.2, 0) is 6.42 Å². The van der Waals surface area contributed by atoms with Crippen molar-refractivity contribution in [3.8, 4) is 0 Å². The third kappa shape index (κ3) is 2.35. The Hall–Kier alpha value is -1.52. The minimum atomic E-state index is -0.0298. The zero-order chi connectivity index (χ0) is 13.1. The van der Waals surface area contributed by atoms with Gasteiger partial charge in [-0.2, -0.15) is 5.10 Å². The van der Waals surface area contributed by atoms with Gasteiger partial charge in [0.1, 0.15) is 0 Å². The fourth-order valence-electron chi connectivity index (χ4n) is 2.53. The average Bonchev–Trinajstić information content (AvgIpc) is 2.59. The number of carbonyl (C=O) groups is 1. The largest absolute Gasteiger partial charge is 0.395 e. The van der Waals surface area contributed by atoms with Gasteiger partial charge in [0, 0.05) is 12.6 Å². The molecule has 1 aromatic rings. The molecule has 0 bridgehead atoms. The molecule has 5 nitrogen and oxygen atoms in total. The van der Waals surface area contributed by atoms with Crippen molar-refractivity contribution in [3.63, 3.8) is 0 Å². The summed E-state index contributed by atoms with van der Waals surface area (Å²) in [6.45, 7) is 4.91. The Morgan fingerprint density at radius 1 is 1.50 bits per heavy atom. The van der Waals surface area contributed by atoms with Gasteiger partial charge in [0.25, 0.3) is 5.91 Å². The van der Waals surface area contributed by atoms with E-state index in [1.54, 1.807) is 0 Å². The molecule has 3 N–H and O–H groups in total. The summed E-state index contributed by atoms with van der Waals surface area (Å²) in [6, 6.07) is 0.279. The molecule has 1 aliphatic rings. The highest BCUT2D eigenvalue weighted by Gasteiger charge is 2.27. The first kappa shape index (κ1) is 12.9. The minimum Gasteiger partial charge on any atom is -0.395 e. The van der Waals surface area contributed by atoms with Crippen LogP contribution in [0, 0.1) is 0 Å². The van der Waals surface area contributed by atoms with Crippen LogP contribution < -0.4 is 5.73 Å². The van der Waals surface area contributed by atoms with Crippen molar-refractivity contribution in [3.05, 3.63) is 11.4 Å². The second-order valence-electron chi connectivity index (χ2n) is 5.01. The summed E-state index contributed by atoms with van der Waals surface area (Å²) in [5.41, 5.74) is 7.72. The SMILES string of the molecule is CCc1[nH]nc(C(=O)N2CCCCCC2C)c1N. The van der Waals surface area contributed by atoms with Crippen molar-refractivity contribution in [1.29, 1.82) is 0 Å². The number of amides is 1. The van der Waals surface area contributed by atoms with Crippen molar-refractivity contribution < 1.29 is 4.79 Å². The maximum absolute atomic E-state index is 12.5. The normalized spacial score (nSPS) is 20.8. The number of hydrogen-bond acceptors (Lipinski definition) is 3. The summed E-state index contributed by atoms with van der Waals surface area (Å²) in [5.74, 6) is -0.0298. The number of H-pyrrole nitrogens is 1. The van der Waals surface area contributed by atoms with Crippen LogP contribution >= 0.6 is 0 Å². The Morgan fingerprint density at radius 3 is 2.94 bits per heavy atom. The van der Waals surface area contributed by atoms with E-state index in [1.807, 2.05) is 11.8 Å². The molecule has 1 fully saturated rings. The molecule has 0 spiro atoms. The van der Waals surface area contributed by atoms with Crippen LogP contribution in [-0.4, -0.2) is 33.6 Å². The van der Waals surface area contributed by atoms with Crippen molar-refractivity contribution in [1.82, 2.24) is 15.1 Å². The van der Waals surface area contributed by atoms with Gasteiger partial charge in [-0.05, 0) is 26.2 Å². The highest BCUT2D eigenvalue weighted by Crippen LogP contribution is 2.22. The maximum atomic E-state index is 12.5. The molecular formula is C13H22N4O. The quantitative estimate of drug-likeness (QED) is 0.842. The first-order valence-electron chi connectivity index (χ1n) is 6.78. The predicted molar refractivity (Wildman–Crippen MR) is 71.3 cm³/mol. The van der Waals surface area contributed by atoms with E-state index in [1.165, 1.54) is 12.8 Å². The molecule has 0 aliphatic carbocycles. The summed E-state index contributed by atoms with van der Waals surface area (Å²) >= 11 is 0. The van der Waals surface area contributed by atoms with E-state index in [4.69, 9.17) is 5.73 Å². The van der Waals surface area contributed by atoms with Gasteiger partial charge in [0.2, 0.25) is 0 Å². The molecule has 1 aliphatic heterocycles. The van der Waals surface area contributed by atoms with E-state index in [0.29, 0.717) is 11.4 Å². The van der Waals surface area contributed by atoms with Gasteiger partial charge < -0.3 is 10.6 Å². The number of hydrogen-bond donors (Lipinski definition) is 2. The number of nitrogens with two attached hydrogens (primary N) is 1. The van der Waals surface area contributed by atoms with Gasteiger partial charge in [-0.1, -0.05) is 19.8 Å². The third-order valence-corrected chi connectivity index (χ3v) is 3.75. The number of aromatic amines is 1. The Labute approximate surface area is 108 Å². The van der Waals surface area contributed by atoms with Crippen LogP contribution in [0.25, 0.3) is 0 Å². The molecule has 0 saturated carbocycles. The Bertz CT molecular complexity index is 427. The number of aryl methyl sites for hydroxylation is 1. The molecule has 100 valence electrons. The first-order chi connectivity index (χ1) is 8.65. The fourth-order valence-corrected chi connectivity index (χ4v) is 2.53. The van der Waals surface area contributed by atoms with Gasteiger partial charge in [-0.3, -0.25) is 9.89 Å². The van der Waals surface area contributed by atoms with Crippen LogP contribution in [0.2, 0.25) is 0 Å². The lowest BCUT2D eigenvalue weighted by molar-refractivity contribution is 0.0693. The number of nitrogen functional groups attached to an aromatic ring is 1. The number of aromatic nitrogens is 2. The standard InChI is InChI=1S/C13H22N4O/c1-3-10-11(14)12(16-15-10)13(18)17-8-6-4-5-7-9(17)2/h9H,3-8,14H2,1-2H3,(H,15,16). The zero-order valence-corrected chi connectivity index (χ0v) is 11.2. The fraction of sp³-hybridized carbons (Fsp3) is 0.692. The second-order valence-corrected chi connectivity index (χ2v) is 5.01. The molecule has 1 saturated heterocycles. The van der Waals surface area contributed by atoms with E-state index in [-0.39, 0.29) is 11.9 Å². The summed E-state index contributed by atoms with van der Waals surface area (Å²) in [7, 11) is 0. The molecule has 2 heterocycles. The Kier molecular flexibility index (Phi) is 3.89. The zero-order valence-electron chi connectivity index (χ0n) is 11.2. The van der Waals surface area contributed by atoms with Gasteiger partial charge in [-0.25, -0.2) is 0 Å². The van der Waals surface area contributed by atoms with Crippen molar-refractivity contribution in [2.75, 3.05) is 12.3 Å². The van der Waals surface area contributed by atoms with Gasteiger partial charge >= 0.3 is 0 Å². The lowest BCUT2D eigenvalue weighted by atomic mass is 10.1. The number of likely N-dealkylation sites (tertiary alicyclic amines) is 1. The first-order valence-corrected chi connectivity index (χ1v) is 6.78. The number of anilines is 1. The van der Waals surface area contributed by atoms with Crippen molar-refractivity contribution in [2.24, 2.45) is 0 Å². The van der Waals surface area contributed by atoms with Crippen molar-refractivity contribution >= 4 is 11.6 Å². The van der Waals surface area contributed by atoms with Crippen LogP contribution in [0.5, 0.6) is 0 Å². The van der Waals surface area contributed by atoms with E-state index in [0.717, 1.165) is 31.5 Å². The molecule has 0 radical (unpaired) electrons. The minimum absolute atomic E-state index is 0.0298. The van der Waals surface area contributed by atoms with Gasteiger partial charge in [0.15, 0.2) is 5.69 Å². The predicted octanol–water partition coefficient (Wildman–Crippen LogP) is 1.96. The number of rotatable bonds is 2. The van der Waals surface area contributed by atoms with Gasteiger partial charge in [0.05, 0.1) is 11.4 Å². The number of nitrogens with one attached hydrogen (secondary N) is 1. The van der Waals surface area contributed by atoms with Gasteiger partial charge in [-0.15, -0.1) is 0 Å². The summed E-state index contributed by atoms with van der Waals surface area (Å²) in [6.07, 6.45) is 5.30. The van der Waals surface area contributed by atoms with Crippen LogP contribution in [0.4, 0.5) is 5.69 Å². The van der Waals surface area contributed by atoms with Crippen LogP contribution in [0.3, 0.4) is 0 Å². The lowest BCUT2D eigenvalue weighted by Gasteiger charge is -2.26.